The highest BCUT2D eigenvalue weighted by Crippen LogP contribution is 3.00. The van der Waals surface area contributed by atoms with Crippen LogP contribution in [0.4, 0.5) is 0 Å². The summed E-state index contributed by atoms with van der Waals surface area (Å²) < 4.78 is -0.0234. The van der Waals surface area contributed by atoms with E-state index >= 15 is 0 Å². The van der Waals surface area contributed by atoms with Crippen molar-refractivity contribution in [3.8, 4) is 0 Å². The van der Waals surface area contributed by atoms with Crippen LogP contribution >= 0.6 is 58.6 Å². The minimum absolute atomic E-state index is 0.0234. The number of halogens is 4. The molecule has 0 saturated carbocycles. The third-order valence-corrected chi connectivity index (χ3v) is 88.5. The fourth-order valence-electron chi connectivity index (χ4n) is 4.77. The SMILES string of the molecule is CC(C)CP(C(C)C)P1[Si](Cl)(Cl)C([Si](C)(C)C)([Si](C)(C)C)[Si]1(Cl)Cl. The van der Waals surface area contributed by atoms with Gasteiger partial charge in [-0.15, -0.1) is 44.3 Å². The molecule has 0 aromatic rings. The summed E-state index contributed by atoms with van der Waals surface area (Å²) in [7, 11) is -3.67. The number of hydrogen-bond donors (Lipinski definition) is 0. The van der Waals surface area contributed by atoms with Gasteiger partial charge in [0, 0.05) is 20.1 Å². The van der Waals surface area contributed by atoms with E-state index in [4.69, 9.17) is 44.3 Å². The Bertz CT molecular complexity index is 440. The molecule has 1 saturated heterocycles. The average molecular weight is 519 g/mol. The van der Waals surface area contributed by atoms with E-state index < -0.39 is 35.6 Å². The lowest BCUT2D eigenvalue weighted by Gasteiger charge is -2.73. The second-order valence-electron chi connectivity index (χ2n) is 9.75. The molecular weight excluding hydrogens is 484 g/mol. The molecule has 1 fully saturated rings. The van der Waals surface area contributed by atoms with Crippen LogP contribution in [0.1, 0.15) is 27.7 Å². The maximum Gasteiger partial charge on any atom is 0.278 e. The lowest BCUT2D eigenvalue weighted by atomic mass is 10.3. The second kappa shape index (κ2) is 7.61. The first-order valence-electron chi connectivity index (χ1n) is 8.70. The van der Waals surface area contributed by atoms with Crippen LogP contribution in [0.25, 0.3) is 0 Å². The lowest BCUT2D eigenvalue weighted by Crippen LogP contribution is -2.80. The molecule has 0 spiro atoms. The largest absolute Gasteiger partial charge is 0.278 e. The molecule has 0 radical (unpaired) electrons. The van der Waals surface area contributed by atoms with Crippen LogP contribution in [0.15, 0.2) is 0 Å². The molecular formula is C14H34Cl4P2Si4. The van der Waals surface area contributed by atoms with Gasteiger partial charge in [-0.2, -0.15) is 0 Å². The molecule has 144 valence electrons. The van der Waals surface area contributed by atoms with Gasteiger partial charge in [0.25, 0.3) is 12.7 Å². The Hall–Kier alpha value is 2.89. The zero-order valence-corrected chi connectivity index (χ0v) is 25.6. The van der Waals surface area contributed by atoms with E-state index in [9.17, 15) is 0 Å². The van der Waals surface area contributed by atoms with Crippen molar-refractivity contribution < 1.29 is 0 Å². The monoisotopic (exact) mass is 516 g/mol. The summed E-state index contributed by atoms with van der Waals surface area (Å²) in [5.41, 5.74) is 0.614. The summed E-state index contributed by atoms with van der Waals surface area (Å²) in [6.45, 7) is 23.2. The van der Waals surface area contributed by atoms with Crippen LogP contribution in [-0.4, -0.2) is 40.7 Å². The maximum atomic E-state index is 7.45. The summed E-state index contributed by atoms with van der Waals surface area (Å²) in [5.74, 6) is 0.658. The third kappa shape index (κ3) is 3.59. The summed E-state index contributed by atoms with van der Waals surface area (Å²) in [5, 5.41) is 0. The van der Waals surface area contributed by atoms with Crippen molar-refractivity contribution in [3.05, 3.63) is 0 Å². The van der Waals surface area contributed by atoms with Gasteiger partial charge >= 0.3 is 0 Å². The Morgan fingerprint density at radius 3 is 1.38 bits per heavy atom. The summed E-state index contributed by atoms with van der Waals surface area (Å²) in [6.07, 6.45) is -3.78. The second-order valence-corrected chi connectivity index (χ2v) is 54.0. The van der Waals surface area contributed by atoms with Crippen LogP contribution in [0.3, 0.4) is 0 Å². The van der Waals surface area contributed by atoms with Crippen molar-refractivity contribution >= 4 is 87.5 Å². The van der Waals surface area contributed by atoms with Crippen LogP contribution in [-0.2, 0) is 0 Å². The van der Waals surface area contributed by atoms with E-state index in [0.29, 0.717) is 11.6 Å². The quantitative estimate of drug-likeness (QED) is 0.187. The predicted molar refractivity (Wildman–Crippen MR) is 133 cm³/mol. The van der Waals surface area contributed by atoms with Crippen LogP contribution < -0.4 is 0 Å². The molecule has 0 nitrogen and oxygen atoms in total. The molecule has 1 aliphatic rings. The molecule has 0 bridgehead atoms. The molecule has 0 N–H and O–H groups in total. The van der Waals surface area contributed by atoms with Crippen molar-refractivity contribution in [3.63, 3.8) is 0 Å². The average Bonchev–Trinajstić information content (AvgIpc) is 2.20. The maximum absolute atomic E-state index is 7.45. The Kier molecular flexibility index (Phi) is 7.91. The van der Waals surface area contributed by atoms with Crippen molar-refractivity contribution in [2.75, 3.05) is 6.16 Å². The van der Waals surface area contributed by atoms with E-state index in [1.165, 1.54) is 6.16 Å². The van der Waals surface area contributed by atoms with E-state index in [-0.39, 0.29) is 11.5 Å². The Morgan fingerprint density at radius 2 is 1.17 bits per heavy atom. The van der Waals surface area contributed by atoms with Gasteiger partial charge in [-0.3, -0.25) is 0 Å². The standard InChI is InChI=1S/C14H34Cl4P2Si4/c1-12(2)11-19(13(3)4)20-23(15,16)14(21(5,6)7,22(8,9)10)24(20,17)18/h12-13H,11H2,1-10H3. The zero-order chi connectivity index (χ0) is 19.5. The molecule has 1 heterocycles. The summed E-state index contributed by atoms with van der Waals surface area (Å²) >= 11 is 29.8. The van der Waals surface area contributed by atoms with Gasteiger partial charge in [-0.25, -0.2) is 0 Å². The Balaban J connectivity index is 3.58. The van der Waals surface area contributed by atoms with E-state index in [0.717, 1.165) is 0 Å². The summed E-state index contributed by atoms with van der Waals surface area (Å²) in [4.78, 5) is 0. The molecule has 1 unspecified atom stereocenters. The molecule has 0 aliphatic carbocycles. The minimum Gasteiger partial charge on any atom is -0.140 e. The number of rotatable bonds is 6. The van der Waals surface area contributed by atoms with Gasteiger partial charge < -0.3 is 0 Å². The molecule has 0 aromatic heterocycles. The van der Waals surface area contributed by atoms with Gasteiger partial charge in [0.2, 0.25) is 0 Å². The molecule has 0 amide bonds. The molecule has 1 atom stereocenters. The fraction of sp³-hybridized carbons (Fsp3) is 1.00. The number of hydrogen-bond acceptors (Lipinski definition) is 0. The zero-order valence-electron chi connectivity index (χ0n) is 16.8. The van der Waals surface area contributed by atoms with E-state index in [1.54, 1.807) is 0 Å². The molecule has 24 heavy (non-hydrogen) atoms. The van der Waals surface area contributed by atoms with E-state index in [2.05, 4.69) is 67.0 Å². The van der Waals surface area contributed by atoms with Gasteiger partial charge in [-0.1, -0.05) is 74.6 Å². The van der Waals surface area contributed by atoms with Gasteiger partial charge in [0.1, 0.15) is 0 Å². The highest BCUT2D eigenvalue weighted by Gasteiger charge is 2.89. The first-order chi connectivity index (χ1) is 10.4. The molecule has 10 heteroatoms. The predicted octanol–water partition coefficient (Wildman–Crippen LogP) is 8.81. The smallest absolute Gasteiger partial charge is 0.140 e. The highest BCUT2D eigenvalue weighted by atomic mass is 35.7. The van der Waals surface area contributed by atoms with Crippen molar-refractivity contribution in [2.24, 2.45) is 5.92 Å². The van der Waals surface area contributed by atoms with Crippen LogP contribution in [0.2, 0.25) is 43.2 Å². The van der Waals surface area contributed by atoms with Gasteiger partial charge in [0.15, 0.2) is 0 Å². The fourth-order valence-corrected chi connectivity index (χ4v) is 147. The van der Waals surface area contributed by atoms with Crippen molar-refractivity contribution in [1.82, 2.24) is 0 Å². The topological polar surface area (TPSA) is 0 Å². The molecule has 1 rings (SSSR count). The molecule has 0 aromatic carbocycles. The van der Waals surface area contributed by atoms with Crippen molar-refractivity contribution in [1.29, 1.82) is 0 Å². The highest BCUT2D eigenvalue weighted by molar-refractivity contribution is 8.70. The normalized spacial score (nSPS) is 25.0. The third-order valence-electron chi connectivity index (χ3n) is 5.09. The van der Waals surface area contributed by atoms with Gasteiger partial charge in [-0.05, 0) is 24.4 Å². The van der Waals surface area contributed by atoms with Crippen LogP contribution in [0, 0.1) is 5.92 Å². The molecule has 1 aliphatic heterocycles. The van der Waals surface area contributed by atoms with Crippen molar-refractivity contribution in [2.45, 2.75) is 76.5 Å². The lowest BCUT2D eigenvalue weighted by molar-refractivity contribution is 0.743. The van der Waals surface area contributed by atoms with Crippen LogP contribution in [0.5, 0.6) is 0 Å². The van der Waals surface area contributed by atoms with E-state index in [1.807, 2.05) is 0 Å². The Labute approximate surface area is 175 Å². The first-order valence-corrected chi connectivity index (χ1v) is 29.1. The minimum atomic E-state index is -2.50. The Morgan fingerprint density at radius 1 is 0.833 bits per heavy atom. The first kappa shape index (κ1) is 24.9. The summed E-state index contributed by atoms with van der Waals surface area (Å²) in [6, 6.07) is 0. The van der Waals surface area contributed by atoms with Gasteiger partial charge in [0.05, 0.1) is 0 Å².